The van der Waals surface area contributed by atoms with E-state index in [0.29, 0.717) is 0 Å². The van der Waals surface area contributed by atoms with E-state index in [-0.39, 0.29) is 21.7 Å². The lowest BCUT2D eigenvalue weighted by Gasteiger charge is -2.33. The minimum Gasteiger partial charge on any atom is -0.310 e. The lowest BCUT2D eigenvalue weighted by Crippen LogP contribution is -2.24. The van der Waals surface area contributed by atoms with Crippen molar-refractivity contribution in [2.24, 2.45) is 0 Å². The summed E-state index contributed by atoms with van der Waals surface area (Å²) in [7, 11) is 0. The second-order valence-electron chi connectivity index (χ2n) is 43.4. The van der Waals surface area contributed by atoms with Gasteiger partial charge in [0.05, 0.1) is 0 Å². The SMILES string of the molecule is Cc1ccccc1-c1ccc(N(c2ccc(C3(C)CC(C)(C)c4ccc(N(c5ccc(-c6ccccc6C)cc5C)c5ccc(-c6ccccc6C)cc5C)cc43)cc2)c2ccc(-c3ccccc3C)cc2C)c(C)c1.Cc1ccccc1-c1ccc(N(c2ccc(C3(C)CC(C)(C)c4ccc(N(c5cccc(-c6ccccc6)c5)c5ccc(-c6ccccc6C)cc5C)cc43)cc2)c2cccc(-c3ccccc3)c2)c(C)c1. The lowest BCUT2D eigenvalue weighted by atomic mass is 9.75. The smallest absolute Gasteiger partial charge is 0.0491 e. The Morgan fingerprint density at radius 1 is 0.149 bits per heavy atom. The van der Waals surface area contributed by atoms with Gasteiger partial charge in [-0.25, -0.2) is 0 Å². The first kappa shape index (κ1) is 97.7. The van der Waals surface area contributed by atoms with Gasteiger partial charge in [0, 0.05) is 79.1 Å². The number of benzene rings is 20. The van der Waals surface area contributed by atoms with E-state index in [2.05, 4.69) is 593 Å². The molecule has 0 N–H and O–H groups in total. The Morgan fingerprint density at radius 2 is 0.365 bits per heavy atom. The van der Waals surface area contributed by atoms with Gasteiger partial charge in [-0.2, -0.15) is 0 Å². The molecule has 20 aromatic carbocycles. The minimum atomic E-state index is -0.256. The Morgan fingerprint density at radius 3 is 0.635 bits per heavy atom. The largest absolute Gasteiger partial charge is 0.310 e. The highest BCUT2D eigenvalue weighted by atomic mass is 15.2. The molecule has 2 unspecified atom stereocenters. The van der Waals surface area contributed by atoms with E-state index in [4.69, 9.17) is 0 Å². The van der Waals surface area contributed by atoms with Gasteiger partial charge in [0.2, 0.25) is 0 Å². The zero-order chi connectivity index (χ0) is 103. The van der Waals surface area contributed by atoms with Crippen LogP contribution in [0.3, 0.4) is 0 Å². The third-order valence-corrected chi connectivity index (χ3v) is 32.1. The fraction of sp³-hybridized carbons (Fsp3) is 0.167. The Bertz CT molecular complexity index is 8210. The van der Waals surface area contributed by atoms with Crippen LogP contribution in [0.1, 0.15) is 155 Å². The number of rotatable bonds is 22. The highest BCUT2D eigenvalue weighted by Gasteiger charge is 2.48. The molecule has 0 fully saturated rings. The summed E-state index contributed by atoms with van der Waals surface area (Å²) >= 11 is 0. The van der Waals surface area contributed by atoms with E-state index in [1.165, 1.54) is 218 Å². The number of hydrogen-bond donors (Lipinski definition) is 0. The first-order valence-electron chi connectivity index (χ1n) is 52.6. The van der Waals surface area contributed by atoms with Crippen LogP contribution in [0.4, 0.5) is 68.2 Å². The van der Waals surface area contributed by atoms with E-state index in [9.17, 15) is 0 Å². The van der Waals surface area contributed by atoms with Gasteiger partial charge in [-0.3, -0.25) is 0 Å². The van der Waals surface area contributed by atoms with E-state index < -0.39 is 0 Å². The monoisotopic (exact) mass is 1920 g/mol. The summed E-state index contributed by atoms with van der Waals surface area (Å²) in [5.41, 5.74) is 56.3. The molecule has 0 saturated heterocycles. The second kappa shape index (κ2) is 40.2. The molecule has 4 heteroatoms. The van der Waals surface area contributed by atoms with Gasteiger partial charge in [-0.05, 0) is 442 Å². The molecule has 22 rings (SSSR count). The van der Waals surface area contributed by atoms with Crippen LogP contribution in [0.2, 0.25) is 0 Å². The molecule has 2 aliphatic rings. The molecule has 0 saturated carbocycles. The molecule has 2 atom stereocenters. The molecule has 0 radical (unpaired) electrons. The number of nitrogens with zero attached hydrogens (tertiary/aromatic N) is 4. The van der Waals surface area contributed by atoms with E-state index in [1.54, 1.807) is 0 Å². The van der Waals surface area contributed by atoms with Crippen LogP contribution in [0.5, 0.6) is 0 Å². The Labute approximate surface area is 878 Å². The average molecular weight is 1920 g/mol. The molecule has 0 amide bonds. The van der Waals surface area contributed by atoms with E-state index in [1.807, 2.05) is 0 Å². The van der Waals surface area contributed by atoms with Crippen LogP contribution in [-0.4, -0.2) is 0 Å². The summed E-state index contributed by atoms with van der Waals surface area (Å²) in [6.07, 6.45) is 1.99. The van der Waals surface area contributed by atoms with Gasteiger partial charge in [-0.1, -0.05) is 345 Å². The van der Waals surface area contributed by atoms with Crippen molar-refractivity contribution in [1.29, 1.82) is 0 Å². The molecule has 2 aliphatic carbocycles. The maximum absolute atomic E-state index is 2.52. The van der Waals surface area contributed by atoms with Crippen molar-refractivity contribution in [3.8, 4) is 89.0 Å². The predicted octanol–water partition coefficient (Wildman–Crippen LogP) is 40.3. The highest BCUT2D eigenvalue weighted by Crippen LogP contribution is 2.59. The highest BCUT2D eigenvalue weighted by molar-refractivity contribution is 5.91. The molecular formula is C144H132N4. The van der Waals surface area contributed by atoms with Gasteiger partial charge in [-0.15, -0.1) is 0 Å². The first-order valence-corrected chi connectivity index (χ1v) is 52.6. The minimum absolute atomic E-state index is 0.0374. The zero-order valence-corrected chi connectivity index (χ0v) is 88.9. The van der Waals surface area contributed by atoms with Crippen LogP contribution in [0.15, 0.2) is 449 Å². The molecule has 0 bridgehead atoms. The fourth-order valence-electron chi connectivity index (χ4n) is 24.5. The number of anilines is 12. The molecule has 20 aromatic rings. The summed E-state index contributed by atoms with van der Waals surface area (Å²) in [6, 6.07) is 167. The molecule has 148 heavy (non-hydrogen) atoms. The maximum atomic E-state index is 2.52. The molecule has 4 nitrogen and oxygen atoms in total. The summed E-state index contributed by atoms with van der Waals surface area (Å²) in [5.74, 6) is 0. The van der Waals surface area contributed by atoms with Crippen LogP contribution < -0.4 is 19.6 Å². The van der Waals surface area contributed by atoms with Gasteiger partial charge in [0.25, 0.3) is 0 Å². The van der Waals surface area contributed by atoms with Gasteiger partial charge < -0.3 is 19.6 Å². The van der Waals surface area contributed by atoms with Crippen LogP contribution in [0, 0.1) is 83.1 Å². The third-order valence-electron chi connectivity index (χ3n) is 32.1. The quantitative estimate of drug-likeness (QED) is 0.0670. The van der Waals surface area contributed by atoms with Crippen molar-refractivity contribution in [2.45, 2.75) is 159 Å². The van der Waals surface area contributed by atoms with E-state index in [0.717, 1.165) is 52.7 Å². The van der Waals surface area contributed by atoms with Gasteiger partial charge >= 0.3 is 0 Å². The Balaban J connectivity index is 0.000000174. The van der Waals surface area contributed by atoms with Crippen LogP contribution in [0.25, 0.3) is 89.0 Å². The first-order chi connectivity index (χ1) is 71.5. The zero-order valence-electron chi connectivity index (χ0n) is 88.9. The molecule has 0 spiro atoms. The van der Waals surface area contributed by atoms with Crippen LogP contribution >= 0.6 is 0 Å². The lowest BCUT2D eigenvalue weighted by molar-refractivity contribution is 0.425. The van der Waals surface area contributed by atoms with Crippen molar-refractivity contribution in [1.82, 2.24) is 0 Å². The van der Waals surface area contributed by atoms with Crippen LogP contribution in [-0.2, 0) is 21.7 Å². The second-order valence-corrected chi connectivity index (χ2v) is 43.4. The van der Waals surface area contributed by atoms with Gasteiger partial charge in [0.1, 0.15) is 0 Å². The van der Waals surface area contributed by atoms with Crippen molar-refractivity contribution in [3.63, 3.8) is 0 Å². The normalized spacial score (nSPS) is 14.7. The summed E-state index contributed by atoms with van der Waals surface area (Å²) < 4.78 is 0. The number of hydrogen-bond acceptors (Lipinski definition) is 4. The maximum Gasteiger partial charge on any atom is 0.0491 e. The number of aryl methyl sites for hydroxylation is 12. The molecular weight excluding hydrogens is 1790 g/mol. The predicted molar refractivity (Wildman–Crippen MR) is 633 cm³/mol. The Hall–Kier alpha value is -16.4. The molecule has 728 valence electrons. The van der Waals surface area contributed by atoms with Gasteiger partial charge in [0.15, 0.2) is 0 Å². The summed E-state index contributed by atoms with van der Waals surface area (Å²) in [5, 5.41) is 0. The molecule has 0 aliphatic heterocycles. The topological polar surface area (TPSA) is 13.0 Å². The number of fused-ring (bicyclic) bond motifs is 2. The fourth-order valence-corrected chi connectivity index (χ4v) is 24.5. The standard InChI is InChI=1S/C74H70N2.C70H62N2/c1-48-20-12-16-24-63(48)56-28-38-69(52(5)42-56)75(70-39-29-57(43-53(70)6)64-25-17-13-21-49(64)2)61-34-32-60(33-35-61)74(11)47-73(9,10)67-37-36-62(46-68(67)74)76(71-40-30-58(44-54(71)7)65-26-18-14-22-50(65)3)72-41-31-59(45-55(72)8)66-27-19-15-23-51(66)4;1-48-20-14-16-30-63(48)56-32-40-67(50(3)42-56)71(60-28-18-26-54(44-60)52-22-10-8-11-23-52)59-36-34-58(35-37-59)70(7)47-69(5,6)65-39-38-62(46-66(65)70)72(61-29-19-27-55(45-61)53-24-12-9-13-25-53)68-41-33-57(43-51(68)4)64-31-17-15-21-49(64)2/h12-46H,47H2,1-11H3;8-46H,47H2,1-7H3. The molecule has 0 aromatic heterocycles. The van der Waals surface area contributed by atoms with Crippen molar-refractivity contribution in [2.75, 3.05) is 19.6 Å². The van der Waals surface area contributed by atoms with Crippen molar-refractivity contribution >= 4 is 68.2 Å². The summed E-state index contributed by atoms with van der Waals surface area (Å²) in [6.45, 7) is 41.4. The third kappa shape index (κ3) is 18.8. The average Bonchev–Trinajstić information content (AvgIpc) is 1.56. The van der Waals surface area contributed by atoms with Crippen molar-refractivity contribution in [3.05, 3.63) is 549 Å². The van der Waals surface area contributed by atoms with Crippen molar-refractivity contribution < 1.29 is 0 Å². The molecule has 0 heterocycles. The Kier molecular flexibility index (Phi) is 26.5. The summed E-state index contributed by atoms with van der Waals surface area (Å²) in [4.78, 5) is 9.91. The van der Waals surface area contributed by atoms with E-state index >= 15 is 0 Å².